The van der Waals surface area contributed by atoms with Crippen molar-refractivity contribution in [2.75, 3.05) is 31.1 Å². The highest BCUT2D eigenvalue weighted by molar-refractivity contribution is 5.51. The van der Waals surface area contributed by atoms with Crippen LogP contribution < -0.4 is 10.6 Å². The molecule has 0 bridgehead atoms. The minimum Gasteiger partial charge on any atom is -0.369 e. The monoisotopic (exact) mass is 247 g/mol. The highest BCUT2D eigenvalue weighted by Gasteiger charge is 2.22. The number of hydrogen-bond acceptors (Lipinski definition) is 3. The Morgan fingerprint density at radius 2 is 2.11 bits per heavy atom. The fourth-order valence-corrected chi connectivity index (χ4v) is 2.81. The highest BCUT2D eigenvalue weighted by atomic mass is 15.3. The predicted molar refractivity (Wildman–Crippen MR) is 78.0 cm³/mol. The molecule has 0 amide bonds. The van der Waals surface area contributed by atoms with Gasteiger partial charge in [-0.25, -0.2) is 0 Å². The summed E-state index contributed by atoms with van der Waals surface area (Å²) in [6.07, 6.45) is 0. The van der Waals surface area contributed by atoms with Gasteiger partial charge in [0.05, 0.1) is 0 Å². The molecule has 1 aromatic rings. The summed E-state index contributed by atoms with van der Waals surface area (Å²) in [5.74, 6) is 0. The molecule has 18 heavy (non-hydrogen) atoms. The van der Waals surface area contributed by atoms with E-state index in [1.807, 2.05) is 0 Å². The van der Waals surface area contributed by atoms with Gasteiger partial charge in [-0.3, -0.25) is 4.90 Å². The average molecular weight is 247 g/mol. The van der Waals surface area contributed by atoms with Crippen LogP contribution >= 0.6 is 0 Å². The van der Waals surface area contributed by atoms with Gasteiger partial charge in [0.2, 0.25) is 0 Å². The van der Waals surface area contributed by atoms with Crippen LogP contribution in [-0.2, 0) is 6.54 Å². The van der Waals surface area contributed by atoms with Crippen molar-refractivity contribution in [3.8, 4) is 0 Å². The van der Waals surface area contributed by atoms with Gasteiger partial charge in [0.1, 0.15) is 0 Å². The van der Waals surface area contributed by atoms with Crippen molar-refractivity contribution in [1.29, 1.82) is 0 Å². The standard InChI is InChI=1S/C15H25N3/c1-4-17-7-8-18(11-13(17)3)15-6-5-14(10-16)12(2)9-15/h5-6,9,13H,4,7-8,10-11,16H2,1-3H3. The van der Waals surface area contributed by atoms with E-state index >= 15 is 0 Å². The lowest BCUT2D eigenvalue weighted by molar-refractivity contribution is 0.199. The number of rotatable bonds is 3. The summed E-state index contributed by atoms with van der Waals surface area (Å²) >= 11 is 0. The van der Waals surface area contributed by atoms with E-state index in [1.54, 1.807) is 0 Å². The molecule has 0 radical (unpaired) electrons. The Labute approximate surface area is 111 Å². The Balaban J connectivity index is 2.11. The van der Waals surface area contributed by atoms with Gasteiger partial charge in [0.25, 0.3) is 0 Å². The van der Waals surface area contributed by atoms with Gasteiger partial charge < -0.3 is 10.6 Å². The first kappa shape index (κ1) is 13.4. The second-order valence-electron chi connectivity index (χ2n) is 5.24. The second-order valence-corrected chi connectivity index (χ2v) is 5.24. The van der Waals surface area contributed by atoms with Gasteiger partial charge in [0.15, 0.2) is 0 Å². The van der Waals surface area contributed by atoms with E-state index in [-0.39, 0.29) is 0 Å². The number of benzene rings is 1. The van der Waals surface area contributed by atoms with Gasteiger partial charge >= 0.3 is 0 Å². The summed E-state index contributed by atoms with van der Waals surface area (Å²) in [4.78, 5) is 5.03. The highest BCUT2D eigenvalue weighted by Crippen LogP contribution is 2.22. The molecule has 1 saturated heterocycles. The third-order valence-electron chi connectivity index (χ3n) is 4.08. The van der Waals surface area contributed by atoms with Crippen LogP contribution in [0.25, 0.3) is 0 Å². The fourth-order valence-electron chi connectivity index (χ4n) is 2.81. The van der Waals surface area contributed by atoms with Gasteiger partial charge in [0, 0.05) is 37.9 Å². The Hall–Kier alpha value is -1.06. The van der Waals surface area contributed by atoms with E-state index in [2.05, 4.69) is 48.8 Å². The first-order valence-electron chi connectivity index (χ1n) is 6.94. The molecule has 1 fully saturated rings. The molecule has 1 aromatic carbocycles. The summed E-state index contributed by atoms with van der Waals surface area (Å²) in [5.41, 5.74) is 9.61. The zero-order valence-electron chi connectivity index (χ0n) is 11.8. The number of hydrogen-bond donors (Lipinski definition) is 1. The molecule has 2 N–H and O–H groups in total. The van der Waals surface area contributed by atoms with Crippen LogP contribution in [0.3, 0.4) is 0 Å². The SMILES string of the molecule is CCN1CCN(c2ccc(CN)c(C)c2)CC1C. The number of piperazine rings is 1. The summed E-state index contributed by atoms with van der Waals surface area (Å²) in [5, 5.41) is 0. The number of nitrogens with zero attached hydrogens (tertiary/aromatic N) is 2. The molecule has 3 heteroatoms. The maximum Gasteiger partial charge on any atom is 0.0370 e. The predicted octanol–water partition coefficient (Wildman–Crippen LogP) is 1.98. The molecule has 1 aliphatic rings. The Kier molecular flexibility index (Phi) is 4.25. The maximum absolute atomic E-state index is 5.72. The van der Waals surface area contributed by atoms with Crippen LogP contribution in [0.15, 0.2) is 18.2 Å². The summed E-state index contributed by atoms with van der Waals surface area (Å²) in [6, 6.07) is 7.29. The molecule has 1 heterocycles. The normalized spacial score (nSPS) is 21.3. The lowest BCUT2D eigenvalue weighted by Crippen LogP contribution is -2.51. The Bertz CT molecular complexity index is 403. The lowest BCUT2D eigenvalue weighted by Gasteiger charge is -2.40. The van der Waals surface area contributed by atoms with Crippen molar-refractivity contribution >= 4 is 5.69 Å². The van der Waals surface area contributed by atoms with E-state index in [0.29, 0.717) is 12.6 Å². The number of aryl methyl sites for hydroxylation is 1. The molecule has 0 spiro atoms. The van der Waals surface area contributed by atoms with Crippen LogP contribution in [0.4, 0.5) is 5.69 Å². The molecule has 0 aliphatic carbocycles. The third kappa shape index (κ3) is 2.68. The third-order valence-corrected chi connectivity index (χ3v) is 4.08. The lowest BCUT2D eigenvalue weighted by atomic mass is 10.1. The van der Waals surface area contributed by atoms with Crippen molar-refractivity contribution < 1.29 is 0 Å². The molecule has 1 unspecified atom stereocenters. The van der Waals surface area contributed by atoms with Gasteiger partial charge in [-0.15, -0.1) is 0 Å². The van der Waals surface area contributed by atoms with Crippen molar-refractivity contribution in [3.05, 3.63) is 29.3 Å². The van der Waals surface area contributed by atoms with Crippen LogP contribution in [-0.4, -0.2) is 37.1 Å². The van der Waals surface area contributed by atoms with E-state index in [9.17, 15) is 0 Å². The van der Waals surface area contributed by atoms with Gasteiger partial charge in [-0.1, -0.05) is 13.0 Å². The van der Waals surface area contributed by atoms with Crippen molar-refractivity contribution in [2.24, 2.45) is 5.73 Å². The van der Waals surface area contributed by atoms with Crippen molar-refractivity contribution in [1.82, 2.24) is 4.90 Å². The Morgan fingerprint density at radius 1 is 1.33 bits per heavy atom. The van der Waals surface area contributed by atoms with E-state index in [1.165, 1.54) is 16.8 Å². The first-order chi connectivity index (χ1) is 8.65. The van der Waals surface area contributed by atoms with Crippen LogP contribution in [0, 0.1) is 6.92 Å². The van der Waals surface area contributed by atoms with Crippen LogP contribution in [0.2, 0.25) is 0 Å². The molecular weight excluding hydrogens is 222 g/mol. The van der Waals surface area contributed by atoms with Gasteiger partial charge in [-0.2, -0.15) is 0 Å². The summed E-state index contributed by atoms with van der Waals surface area (Å²) in [7, 11) is 0. The minimum absolute atomic E-state index is 0.631. The molecule has 3 nitrogen and oxygen atoms in total. The molecule has 0 aromatic heterocycles. The van der Waals surface area contributed by atoms with Crippen LogP contribution in [0.1, 0.15) is 25.0 Å². The zero-order valence-corrected chi connectivity index (χ0v) is 11.8. The number of nitrogens with two attached hydrogens (primary N) is 1. The largest absolute Gasteiger partial charge is 0.369 e. The first-order valence-corrected chi connectivity index (χ1v) is 6.94. The Morgan fingerprint density at radius 3 is 2.67 bits per heavy atom. The molecule has 2 rings (SSSR count). The number of likely N-dealkylation sites (N-methyl/N-ethyl adjacent to an activating group) is 1. The molecular formula is C15H25N3. The van der Waals surface area contributed by atoms with Crippen LogP contribution in [0.5, 0.6) is 0 Å². The topological polar surface area (TPSA) is 32.5 Å². The molecule has 100 valence electrons. The van der Waals surface area contributed by atoms with Crippen molar-refractivity contribution in [2.45, 2.75) is 33.4 Å². The zero-order chi connectivity index (χ0) is 13.1. The molecule has 1 aliphatic heterocycles. The minimum atomic E-state index is 0.631. The van der Waals surface area contributed by atoms with Gasteiger partial charge in [-0.05, 0) is 43.7 Å². The smallest absolute Gasteiger partial charge is 0.0370 e. The fraction of sp³-hybridized carbons (Fsp3) is 0.600. The van der Waals surface area contributed by atoms with E-state index in [4.69, 9.17) is 5.73 Å². The summed E-state index contributed by atoms with van der Waals surface area (Å²) < 4.78 is 0. The average Bonchev–Trinajstić information content (AvgIpc) is 2.38. The molecule has 1 atom stereocenters. The van der Waals surface area contributed by atoms with E-state index in [0.717, 1.165) is 26.2 Å². The summed E-state index contributed by atoms with van der Waals surface area (Å²) in [6.45, 7) is 11.9. The second kappa shape index (κ2) is 5.72. The molecule has 0 saturated carbocycles. The van der Waals surface area contributed by atoms with E-state index < -0.39 is 0 Å². The van der Waals surface area contributed by atoms with Crippen molar-refractivity contribution in [3.63, 3.8) is 0 Å². The number of anilines is 1. The quantitative estimate of drug-likeness (QED) is 0.886. The maximum atomic E-state index is 5.72.